The van der Waals surface area contributed by atoms with Gasteiger partial charge in [-0.15, -0.1) is 0 Å². The van der Waals surface area contributed by atoms with Crippen molar-refractivity contribution in [2.75, 3.05) is 6.79 Å². The molecule has 2 heterocycles. The molecular weight excluding hydrogens is 280 g/mol. The smallest absolute Gasteiger partial charge is 0.241 e. The van der Waals surface area contributed by atoms with Crippen LogP contribution in [0, 0.1) is 0 Å². The molecule has 0 radical (unpaired) electrons. The van der Waals surface area contributed by atoms with Crippen molar-refractivity contribution in [3.05, 3.63) is 42.2 Å². The third kappa shape index (κ3) is 2.50. The first kappa shape index (κ1) is 13.0. The first-order valence-corrected chi connectivity index (χ1v) is 7.53. The van der Waals surface area contributed by atoms with E-state index in [0.29, 0.717) is 11.5 Å². The minimum Gasteiger partial charge on any atom is -0.454 e. The lowest BCUT2D eigenvalue weighted by Gasteiger charge is -2.06. The van der Waals surface area contributed by atoms with E-state index in [4.69, 9.17) is 9.47 Å². The summed E-state index contributed by atoms with van der Waals surface area (Å²) in [5.41, 5.74) is 0.900. The molecule has 2 aromatic rings. The highest BCUT2D eigenvalue weighted by atomic mass is 32.2. The fraction of sp³-hybridized carbons (Fsp3) is 0.231. The maximum atomic E-state index is 12.2. The Morgan fingerprint density at radius 2 is 2.05 bits per heavy atom. The number of nitrogens with one attached hydrogen (secondary N) is 1. The summed E-state index contributed by atoms with van der Waals surface area (Å²) in [5.74, 6) is 1.01. The fourth-order valence-corrected chi connectivity index (χ4v) is 3.00. The average molecular weight is 294 g/mol. The second-order valence-corrected chi connectivity index (χ2v) is 6.29. The Hall–Kier alpha value is -1.99. The molecule has 0 bridgehead atoms. The Kier molecular flexibility index (Phi) is 3.15. The van der Waals surface area contributed by atoms with Gasteiger partial charge in [0.25, 0.3) is 0 Å². The maximum Gasteiger partial charge on any atom is 0.241 e. The maximum absolute atomic E-state index is 12.2. The molecule has 0 saturated carbocycles. The molecule has 7 heteroatoms. The van der Waals surface area contributed by atoms with E-state index in [1.807, 2.05) is 30.1 Å². The largest absolute Gasteiger partial charge is 0.454 e. The number of benzene rings is 1. The molecule has 0 unspecified atom stereocenters. The number of hydrogen-bond donors (Lipinski definition) is 1. The predicted molar refractivity (Wildman–Crippen MR) is 72.0 cm³/mol. The second kappa shape index (κ2) is 4.84. The van der Waals surface area contributed by atoms with E-state index < -0.39 is 10.0 Å². The van der Waals surface area contributed by atoms with Gasteiger partial charge >= 0.3 is 0 Å². The molecule has 0 fully saturated rings. The summed E-state index contributed by atoms with van der Waals surface area (Å²) in [6.07, 6.45) is 3.73. The van der Waals surface area contributed by atoms with Gasteiger partial charge in [0.2, 0.25) is 16.8 Å². The predicted octanol–water partition coefficient (Wildman–Crippen LogP) is 1.23. The van der Waals surface area contributed by atoms with Crippen molar-refractivity contribution in [3.8, 4) is 11.5 Å². The molecule has 3 rings (SSSR count). The van der Waals surface area contributed by atoms with Crippen LogP contribution in [0.1, 0.15) is 5.56 Å². The highest BCUT2D eigenvalue weighted by molar-refractivity contribution is 7.89. The molecule has 0 saturated heterocycles. The molecule has 0 amide bonds. The molecule has 1 aliphatic heterocycles. The van der Waals surface area contributed by atoms with Crippen LogP contribution in [-0.2, 0) is 23.6 Å². The van der Waals surface area contributed by atoms with Crippen LogP contribution < -0.4 is 14.2 Å². The van der Waals surface area contributed by atoms with Crippen molar-refractivity contribution in [2.45, 2.75) is 11.4 Å². The number of fused-ring (bicyclic) bond motifs is 1. The SMILES string of the molecule is Cn1ccc(CNS(=O)(=O)c2ccc3c(c2)OCO3)c1. The van der Waals surface area contributed by atoms with Crippen molar-refractivity contribution < 1.29 is 17.9 Å². The average Bonchev–Trinajstić information content (AvgIpc) is 3.04. The zero-order valence-electron chi connectivity index (χ0n) is 10.9. The van der Waals surface area contributed by atoms with E-state index in [1.165, 1.54) is 12.1 Å². The lowest BCUT2D eigenvalue weighted by Crippen LogP contribution is -2.23. The zero-order chi connectivity index (χ0) is 14.2. The molecule has 106 valence electrons. The Morgan fingerprint density at radius 3 is 2.80 bits per heavy atom. The fourth-order valence-electron chi connectivity index (χ4n) is 1.97. The van der Waals surface area contributed by atoms with Crippen LogP contribution in [-0.4, -0.2) is 19.8 Å². The molecule has 6 nitrogen and oxygen atoms in total. The van der Waals surface area contributed by atoms with Crippen molar-refractivity contribution in [3.63, 3.8) is 0 Å². The monoisotopic (exact) mass is 294 g/mol. The number of rotatable bonds is 4. The minimum atomic E-state index is -3.57. The van der Waals surface area contributed by atoms with E-state index >= 15 is 0 Å². The number of sulfonamides is 1. The normalized spacial score (nSPS) is 13.7. The highest BCUT2D eigenvalue weighted by Crippen LogP contribution is 2.33. The number of hydrogen-bond acceptors (Lipinski definition) is 4. The highest BCUT2D eigenvalue weighted by Gasteiger charge is 2.20. The number of ether oxygens (including phenoxy) is 2. The number of aryl methyl sites for hydroxylation is 1. The topological polar surface area (TPSA) is 69.6 Å². The summed E-state index contributed by atoms with van der Waals surface area (Å²) in [6.45, 7) is 0.369. The Bertz CT molecular complexity index is 737. The van der Waals surface area contributed by atoms with Crippen LogP contribution in [0.5, 0.6) is 11.5 Å². The van der Waals surface area contributed by atoms with E-state index in [0.717, 1.165) is 5.56 Å². The first-order valence-electron chi connectivity index (χ1n) is 6.05. The van der Waals surface area contributed by atoms with Gasteiger partial charge in [-0.2, -0.15) is 0 Å². The van der Waals surface area contributed by atoms with Crippen LogP contribution in [0.25, 0.3) is 0 Å². The lowest BCUT2D eigenvalue weighted by atomic mass is 10.3. The van der Waals surface area contributed by atoms with E-state index in [9.17, 15) is 8.42 Å². The Labute approximate surface area is 117 Å². The lowest BCUT2D eigenvalue weighted by molar-refractivity contribution is 0.174. The summed E-state index contributed by atoms with van der Waals surface area (Å²) >= 11 is 0. The van der Waals surface area contributed by atoms with Gasteiger partial charge in [0.05, 0.1) is 4.90 Å². The van der Waals surface area contributed by atoms with Gasteiger partial charge < -0.3 is 14.0 Å². The van der Waals surface area contributed by atoms with Gasteiger partial charge in [0.15, 0.2) is 11.5 Å². The van der Waals surface area contributed by atoms with Crippen molar-refractivity contribution in [2.24, 2.45) is 7.05 Å². The van der Waals surface area contributed by atoms with Crippen molar-refractivity contribution >= 4 is 10.0 Å². The van der Waals surface area contributed by atoms with Crippen molar-refractivity contribution in [1.29, 1.82) is 0 Å². The van der Waals surface area contributed by atoms with Gasteiger partial charge in [0.1, 0.15) is 0 Å². The zero-order valence-corrected chi connectivity index (χ0v) is 11.7. The summed E-state index contributed by atoms with van der Waals surface area (Å²) in [6, 6.07) is 6.43. The van der Waals surface area contributed by atoms with Crippen LogP contribution in [0.2, 0.25) is 0 Å². The van der Waals surface area contributed by atoms with Gasteiger partial charge in [0, 0.05) is 32.1 Å². The van der Waals surface area contributed by atoms with Crippen molar-refractivity contribution in [1.82, 2.24) is 9.29 Å². The number of aromatic nitrogens is 1. The van der Waals surface area contributed by atoms with Gasteiger partial charge in [-0.1, -0.05) is 0 Å². The quantitative estimate of drug-likeness (QED) is 0.921. The molecule has 0 atom stereocenters. The summed E-state index contributed by atoms with van der Waals surface area (Å²) < 4.78 is 39.2. The van der Waals surface area contributed by atoms with E-state index in [1.54, 1.807) is 6.07 Å². The van der Waals surface area contributed by atoms with Crippen LogP contribution in [0.3, 0.4) is 0 Å². The van der Waals surface area contributed by atoms with Gasteiger partial charge in [-0.3, -0.25) is 0 Å². The Balaban J connectivity index is 1.78. The summed E-state index contributed by atoms with van der Waals surface area (Å²) in [5, 5.41) is 0. The third-order valence-electron chi connectivity index (χ3n) is 3.01. The minimum absolute atomic E-state index is 0.121. The first-order chi connectivity index (χ1) is 9.54. The molecule has 1 aliphatic rings. The van der Waals surface area contributed by atoms with Gasteiger partial charge in [-0.05, 0) is 23.8 Å². The third-order valence-corrected chi connectivity index (χ3v) is 4.41. The summed E-state index contributed by atoms with van der Waals surface area (Å²) in [4.78, 5) is 0.165. The molecule has 1 aromatic heterocycles. The van der Waals surface area contributed by atoms with E-state index in [-0.39, 0.29) is 18.2 Å². The van der Waals surface area contributed by atoms with Crippen LogP contribution >= 0.6 is 0 Å². The van der Waals surface area contributed by atoms with E-state index in [2.05, 4.69) is 4.72 Å². The summed E-state index contributed by atoms with van der Waals surface area (Å²) in [7, 11) is -1.68. The van der Waals surface area contributed by atoms with Gasteiger partial charge in [-0.25, -0.2) is 13.1 Å². The molecular formula is C13H14N2O4S. The molecule has 20 heavy (non-hydrogen) atoms. The van der Waals surface area contributed by atoms with Crippen LogP contribution in [0.4, 0.5) is 0 Å². The second-order valence-electron chi connectivity index (χ2n) is 4.52. The standard InChI is InChI=1S/C13H14N2O4S/c1-15-5-4-10(8-15)7-14-20(16,17)11-2-3-12-13(6-11)19-9-18-12/h2-6,8,14H,7,9H2,1H3. The number of nitrogens with zero attached hydrogens (tertiary/aromatic N) is 1. The molecule has 0 aliphatic carbocycles. The van der Waals surface area contributed by atoms with Crippen LogP contribution in [0.15, 0.2) is 41.6 Å². The Morgan fingerprint density at radius 1 is 1.25 bits per heavy atom. The molecule has 0 spiro atoms. The molecule has 1 aromatic carbocycles. The molecule has 1 N–H and O–H groups in total.